The molecule has 0 saturated carbocycles. The summed E-state index contributed by atoms with van der Waals surface area (Å²) in [7, 11) is 0. The van der Waals surface area contributed by atoms with E-state index in [1.54, 1.807) is 0 Å². The highest BCUT2D eigenvalue weighted by Crippen LogP contribution is 2.36. The molecule has 3 nitrogen and oxygen atoms in total. The molecule has 5 heteroatoms. The van der Waals surface area contributed by atoms with Crippen LogP contribution in [0.4, 0.5) is 5.69 Å². The Morgan fingerprint density at radius 3 is 2.65 bits per heavy atom. The Hall–Kier alpha value is -2.04. The molecule has 1 amide bonds. The van der Waals surface area contributed by atoms with E-state index < -0.39 is 0 Å². The molecule has 0 spiro atoms. The van der Waals surface area contributed by atoms with E-state index in [9.17, 15) is 4.79 Å². The van der Waals surface area contributed by atoms with Crippen molar-refractivity contribution in [2.75, 3.05) is 11.9 Å². The molecule has 23 heavy (non-hydrogen) atoms. The van der Waals surface area contributed by atoms with Gasteiger partial charge in [0.05, 0.1) is 11.6 Å². The third-order valence-corrected chi connectivity index (χ3v) is 5.07. The predicted octanol–water partition coefficient (Wildman–Crippen LogP) is 5.51. The van der Waals surface area contributed by atoms with Crippen LogP contribution in [0.15, 0.2) is 42.5 Å². The number of ether oxygens (including phenoxy) is 1. The Morgan fingerprint density at radius 1 is 1.22 bits per heavy atom. The average molecular weight is 346 g/mol. The maximum absolute atomic E-state index is 12.5. The monoisotopic (exact) mass is 345 g/mol. The highest BCUT2D eigenvalue weighted by atomic mass is 35.5. The number of halogens is 1. The Morgan fingerprint density at radius 2 is 1.96 bits per heavy atom. The lowest BCUT2D eigenvalue weighted by atomic mass is 10.2. The van der Waals surface area contributed by atoms with Gasteiger partial charge in [-0.05, 0) is 49.7 Å². The normalized spacial score (nSPS) is 10.7. The van der Waals surface area contributed by atoms with Crippen LogP contribution < -0.4 is 10.1 Å². The summed E-state index contributed by atoms with van der Waals surface area (Å²) in [6.45, 7) is 4.57. The van der Waals surface area contributed by atoms with Gasteiger partial charge in [0.15, 0.2) is 0 Å². The molecule has 0 saturated heterocycles. The van der Waals surface area contributed by atoms with Crippen LogP contribution in [0.3, 0.4) is 0 Å². The molecule has 0 bridgehead atoms. The average Bonchev–Trinajstić information content (AvgIpc) is 2.86. The minimum Gasteiger partial charge on any atom is -0.494 e. The molecule has 0 aliphatic rings. The lowest BCUT2D eigenvalue weighted by molar-refractivity contribution is 0.103. The number of hydrogen-bond donors (Lipinski definition) is 1. The molecule has 1 heterocycles. The van der Waals surface area contributed by atoms with Gasteiger partial charge in [-0.3, -0.25) is 4.79 Å². The molecular formula is C18H16ClNO2S. The smallest absolute Gasteiger partial charge is 0.267 e. The Kier molecular flexibility index (Phi) is 4.55. The van der Waals surface area contributed by atoms with Gasteiger partial charge in [0.25, 0.3) is 5.91 Å². The van der Waals surface area contributed by atoms with E-state index in [2.05, 4.69) is 5.32 Å². The lowest BCUT2D eigenvalue weighted by Crippen LogP contribution is -2.10. The minimum atomic E-state index is -0.196. The summed E-state index contributed by atoms with van der Waals surface area (Å²) in [4.78, 5) is 13.0. The van der Waals surface area contributed by atoms with Gasteiger partial charge < -0.3 is 10.1 Å². The molecule has 0 radical (unpaired) electrons. The van der Waals surface area contributed by atoms with Crippen molar-refractivity contribution in [3.8, 4) is 5.75 Å². The van der Waals surface area contributed by atoms with Crippen LogP contribution in [-0.4, -0.2) is 12.5 Å². The Labute approximate surface area is 143 Å². The zero-order valence-corrected chi connectivity index (χ0v) is 14.4. The fourth-order valence-corrected chi connectivity index (χ4v) is 3.82. The van der Waals surface area contributed by atoms with Crippen molar-refractivity contribution in [1.29, 1.82) is 0 Å². The number of hydrogen-bond acceptors (Lipinski definition) is 3. The van der Waals surface area contributed by atoms with Gasteiger partial charge in [0, 0.05) is 15.8 Å². The molecular weight excluding hydrogens is 330 g/mol. The van der Waals surface area contributed by atoms with Crippen molar-refractivity contribution in [2.45, 2.75) is 13.8 Å². The maximum atomic E-state index is 12.5. The largest absolute Gasteiger partial charge is 0.494 e. The zero-order valence-electron chi connectivity index (χ0n) is 12.9. The van der Waals surface area contributed by atoms with Crippen LogP contribution in [0.1, 0.15) is 22.2 Å². The number of carbonyl (C=O) groups is 1. The summed E-state index contributed by atoms with van der Waals surface area (Å²) < 4.78 is 6.41. The summed E-state index contributed by atoms with van der Waals surface area (Å²) in [5, 5.41) is 4.30. The first-order valence-corrected chi connectivity index (χ1v) is 8.51. The van der Waals surface area contributed by atoms with Crippen LogP contribution in [-0.2, 0) is 0 Å². The molecule has 3 rings (SSSR count). The first-order valence-electron chi connectivity index (χ1n) is 7.31. The number of amides is 1. The number of fused-ring (bicyclic) bond motifs is 1. The van der Waals surface area contributed by atoms with Crippen molar-refractivity contribution in [3.05, 3.63) is 57.9 Å². The molecule has 1 aromatic heterocycles. The van der Waals surface area contributed by atoms with Gasteiger partial charge in [-0.2, -0.15) is 0 Å². The van der Waals surface area contributed by atoms with Crippen LogP contribution in [0, 0.1) is 6.92 Å². The van der Waals surface area contributed by atoms with Crippen LogP contribution in [0.25, 0.3) is 10.1 Å². The number of nitrogens with one attached hydrogen (secondary N) is 1. The predicted molar refractivity (Wildman–Crippen MR) is 97.1 cm³/mol. The van der Waals surface area contributed by atoms with E-state index >= 15 is 0 Å². The number of anilines is 1. The second kappa shape index (κ2) is 6.60. The summed E-state index contributed by atoms with van der Waals surface area (Å²) >= 11 is 7.77. The minimum absolute atomic E-state index is 0.196. The van der Waals surface area contributed by atoms with E-state index in [1.807, 2.05) is 56.3 Å². The van der Waals surface area contributed by atoms with Crippen LogP contribution in [0.2, 0.25) is 5.02 Å². The highest BCUT2D eigenvalue weighted by molar-refractivity contribution is 7.21. The molecule has 0 aliphatic carbocycles. The molecule has 0 unspecified atom stereocenters. The summed E-state index contributed by atoms with van der Waals surface area (Å²) in [6.07, 6.45) is 0. The third-order valence-electron chi connectivity index (χ3n) is 3.41. The van der Waals surface area contributed by atoms with Crippen molar-refractivity contribution >= 4 is 44.6 Å². The van der Waals surface area contributed by atoms with Gasteiger partial charge >= 0.3 is 0 Å². The molecule has 2 aromatic carbocycles. The van der Waals surface area contributed by atoms with E-state index in [-0.39, 0.29) is 5.91 Å². The molecule has 1 N–H and O–H groups in total. The summed E-state index contributed by atoms with van der Waals surface area (Å²) in [5.41, 5.74) is 1.86. The lowest BCUT2D eigenvalue weighted by Gasteiger charge is -2.06. The quantitative estimate of drug-likeness (QED) is 0.676. The van der Waals surface area contributed by atoms with Crippen molar-refractivity contribution in [2.24, 2.45) is 0 Å². The van der Waals surface area contributed by atoms with Crippen LogP contribution >= 0.6 is 22.9 Å². The fourth-order valence-electron chi connectivity index (χ4n) is 2.31. The first kappa shape index (κ1) is 15.8. The number of benzene rings is 2. The second-order valence-corrected chi connectivity index (χ2v) is 6.59. The van der Waals surface area contributed by atoms with E-state index in [0.717, 1.165) is 21.4 Å². The fraction of sp³-hybridized carbons (Fsp3) is 0.167. The molecule has 118 valence electrons. The SMILES string of the molecule is CCOc1ccc(NC(=O)c2sc3cc(C)ccc3c2Cl)cc1. The van der Waals surface area contributed by atoms with E-state index in [0.29, 0.717) is 22.2 Å². The molecule has 0 atom stereocenters. The number of rotatable bonds is 4. The Balaban J connectivity index is 1.84. The molecule has 3 aromatic rings. The van der Waals surface area contributed by atoms with Crippen molar-refractivity contribution in [3.63, 3.8) is 0 Å². The van der Waals surface area contributed by atoms with Crippen LogP contribution in [0.5, 0.6) is 5.75 Å². The van der Waals surface area contributed by atoms with Gasteiger partial charge in [-0.25, -0.2) is 0 Å². The highest BCUT2D eigenvalue weighted by Gasteiger charge is 2.17. The van der Waals surface area contributed by atoms with E-state index in [4.69, 9.17) is 16.3 Å². The van der Waals surface area contributed by atoms with Gasteiger partial charge in [-0.1, -0.05) is 23.7 Å². The second-order valence-electron chi connectivity index (χ2n) is 5.16. The van der Waals surface area contributed by atoms with Crippen molar-refractivity contribution < 1.29 is 9.53 Å². The molecule has 0 fully saturated rings. The summed E-state index contributed by atoms with van der Waals surface area (Å²) in [6, 6.07) is 13.3. The van der Waals surface area contributed by atoms with Gasteiger partial charge in [0.2, 0.25) is 0 Å². The number of carbonyl (C=O) groups excluding carboxylic acids is 1. The number of thiophene rings is 1. The molecule has 0 aliphatic heterocycles. The third kappa shape index (κ3) is 3.33. The van der Waals surface area contributed by atoms with Gasteiger partial charge in [-0.15, -0.1) is 11.3 Å². The van der Waals surface area contributed by atoms with Gasteiger partial charge in [0.1, 0.15) is 10.6 Å². The zero-order chi connectivity index (χ0) is 16.4. The maximum Gasteiger partial charge on any atom is 0.267 e. The topological polar surface area (TPSA) is 38.3 Å². The first-order chi connectivity index (χ1) is 11.1. The standard InChI is InChI=1S/C18H16ClNO2S/c1-3-22-13-7-5-12(6-8-13)20-18(21)17-16(19)14-9-4-11(2)10-15(14)23-17/h4-10H,3H2,1-2H3,(H,20,21). The van der Waals surface area contributed by atoms with Crippen molar-refractivity contribution in [1.82, 2.24) is 0 Å². The summed E-state index contributed by atoms with van der Waals surface area (Å²) in [5.74, 6) is 0.582. The Bertz CT molecular complexity index is 855. The number of aryl methyl sites for hydroxylation is 1. The van der Waals surface area contributed by atoms with E-state index in [1.165, 1.54) is 11.3 Å².